The summed E-state index contributed by atoms with van der Waals surface area (Å²) in [5, 5.41) is 3.84. The van der Waals surface area contributed by atoms with Crippen molar-refractivity contribution in [1.82, 2.24) is 10.2 Å². The molecule has 1 N–H and O–H groups in total. The van der Waals surface area contributed by atoms with Crippen molar-refractivity contribution < 1.29 is 13.9 Å². The summed E-state index contributed by atoms with van der Waals surface area (Å²) < 4.78 is 21.6. The lowest BCUT2D eigenvalue weighted by atomic mass is 9.69. The number of carbonyl (C=O) groups is 1. The molecule has 0 saturated carbocycles. The second-order valence-electron chi connectivity index (χ2n) is 10.9. The summed E-state index contributed by atoms with van der Waals surface area (Å²) in [6, 6.07) is 14.1. The number of halogens is 2. The number of nitrogens with one attached hydrogen (secondary N) is 1. The summed E-state index contributed by atoms with van der Waals surface area (Å²) in [5.74, 6) is 0.366. The van der Waals surface area contributed by atoms with Crippen molar-refractivity contribution in [3.8, 4) is 0 Å². The average Bonchev–Trinajstić information content (AvgIpc) is 3.21. The Balaban J connectivity index is 1.49. The fourth-order valence-corrected chi connectivity index (χ4v) is 7.39. The van der Waals surface area contributed by atoms with Gasteiger partial charge in [0.2, 0.25) is 5.91 Å². The largest absolute Gasteiger partial charge is 0.380 e. The highest BCUT2D eigenvalue weighted by molar-refractivity contribution is 6.30. The summed E-state index contributed by atoms with van der Waals surface area (Å²) in [7, 11) is 0. The smallest absolute Gasteiger partial charge is 0.228 e. The summed E-state index contributed by atoms with van der Waals surface area (Å²) >= 11 is 6.23. The number of amides is 1. The number of carbonyl (C=O) groups excluding carboxylic acids is 1. The van der Waals surface area contributed by atoms with Crippen LogP contribution in [0.25, 0.3) is 0 Å². The standard InChI is InChI=1S/C30H38ClFN2O2/c1-3-20(4-2)27-15-22(21-8-6-5-7-9-21)10-12-34(27)29(35)25-17-33-18-30(25)19-36-13-11-23-14-24(31)16-26(32)28(23)30/h5-9,14,16,20,22,25,27,33H,3-4,10-13,15,17-19H2,1-2H3/t22-,25+,27?,30+/m1/s1. The zero-order chi connectivity index (χ0) is 25.3. The predicted octanol–water partition coefficient (Wildman–Crippen LogP) is 5.72. The van der Waals surface area contributed by atoms with Gasteiger partial charge in [0.15, 0.2) is 0 Å². The minimum atomic E-state index is -0.716. The lowest BCUT2D eigenvalue weighted by Gasteiger charge is -2.46. The van der Waals surface area contributed by atoms with Crippen molar-refractivity contribution in [2.24, 2.45) is 11.8 Å². The highest BCUT2D eigenvalue weighted by atomic mass is 35.5. The third kappa shape index (κ3) is 4.59. The first kappa shape index (κ1) is 25.7. The van der Waals surface area contributed by atoms with Gasteiger partial charge in [-0.05, 0) is 54.4 Å². The number of benzene rings is 2. The first-order valence-corrected chi connectivity index (χ1v) is 14.0. The molecule has 2 aromatic carbocycles. The van der Waals surface area contributed by atoms with Crippen LogP contribution in [-0.2, 0) is 21.4 Å². The van der Waals surface area contributed by atoms with Gasteiger partial charge in [-0.2, -0.15) is 0 Å². The topological polar surface area (TPSA) is 41.6 Å². The van der Waals surface area contributed by atoms with Gasteiger partial charge in [0.05, 0.1) is 19.1 Å². The molecule has 2 aromatic rings. The lowest BCUT2D eigenvalue weighted by Crippen LogP contribution is -2.55. The van der Waals surface area contributed by atoms with Crippen LogP contribution < -0.4 is 5.32 Å². The predicted molar refractivity (Wildman–Crippen MR) is 142 cm³/mol. The molecule has 3 aliphatic heterocycles. The Bertz CT molecular complexity index is 1080. The van der Waals surface area contributed by atoms with E-state index in [1.54, 1.807) is 0 Å². The van der Waals surface area contributed by atoms with Crippen LogP contribution in [-0.4, -0.2) is 49.7 Å². The molecule has 5 rings (SSSR count). The van der Waals surface area contributed by atoms with Crippen molar-refractivity contribution in [2.45, 2.75) is 63.3 Å². The van der Waals surface area contributed by atoms with Crippen LogP contribution in [0.1, 0.15) is 62.1 Å². The van der Waals surface area contributed by atoms with E-state index < -0.39 is 5.41 Å². The molecule has 0 radical (unpaired) electrons. The van der Waals surface area contributed by atoms with Crippen molar-refractivity contribution in [1.29, 1.82) is 0 Å². The Hall–Kier alpha value is -1.95. The van der Waals surface area contributed by atoms with Crippen LogP contribution in [0.15, 0.2) is 42.5 Å². The number of nitrogens with zero attached hydrogens (tertiary/aromatic N) is 1. The first-order valence-electron chi connectivity index (χ1n) is 13.6. The molecule has 2 fully saturated rings. The van der Waals surface area contributed by atoms with Gasteiger partial charge in [-0.1, -0.05) is 68.6 Å². The Morgan fingerprint density at radius 2 is 2.03 bits per heavy atom. The van der Waals surface area contributed by atoms with E-state index in [9.17, 15) is 4.79 Å². The van der Waals surface area contributed by atoms with Crippen LogP contribution in [0.4, 0.5) is 4.39 Å². The third-order valence-corrected chi connectivity index (χ3v) is 9.27. The molecule has 2 saturated heterocycles. The molecule has 36 heavy (non-hydrogen) atoms. The molecule has 3 heterocycles. The number of fused-ring (bicyclic) bond motifs is 2. The Morgan fingerprint density at radius 3 is 2.78 bits per heavy atom. The molecule has 0 bridgehead atoms. The molecule has 194 valence electrons. The third-order valence-electron chi connectivity index (χ3n) is 9.06. The number of ether oxygens (including phenoxy) is 1. The molecule has 6 heteroatoms. The zero-order valence-electron chi connectivity index (χ0n) is 21.4. The zero-order valence-corrected chi connectivity index (χ0v) is 22.2. The molecule has 4 nitrogen and oxygen atoms in total. The summed E-state index contributed by atoms with van der Waals surface area (Å²) in [4.78, 5) is 16.6. The Kier molecular flexibility index (Phi) is 7.71. The second kappa shape index (κ2) is 10.8. The van der Waals surface area contributed by atoms with E-state index in [2.05, 4.69) is 54.4 Å². The van der Waals surface area contributed by atoms with Crippen LogP contribution in [0.3, 0.4) is 0 Å². The average molecular weight is 513 g/mol. The van der Waals surface area contributed by atoms with Gasteiger partial charge in [0.1, 0.15) is 5.82 Å². The number of piperidine rings is 1. The van der Waals surface area contributed by atoms with E-state index in [0.717, 1.165) is 37.8 Å². The number of hydrogen-bond acceptors (Lipinski definition) is 3. The van der Waals surface area contributed by atoms with E-state index in [0.29, 0.717) is 55.1 Å². The van der Waals surface area contributed by atoms with Gasteiger partial charge in [-0.3, -0.25) is 4.79 Å². The van der Waals surface area contributed by atoms with Crippen LogP contribution in [0.2, 0.25) is 5.02 Å². The van der Waals surface area contributed by atoms with Crippen LogP contribution in [0, 0.1) is 17.7 Å². The van der Waals surface area contributed by atoms with Gasteiger partial charge in [0.25, 0.3) is 0 Å². The summed E-state index contributed by atoms with van der Waals surface area (Å²) in [6.07, 6.45) is 4.62. The Morgan fingerprint density at radius 1 is 1.25 bits per heavy atom. The van der Waals surface area contributed by atoms with Crippen molar-refractivity contribution in [3.63, 3.8) is 0 Å². The molecule has 0 aliphatic carbocycles. The lowest BCUT2D eigenvalue weighted by molar-refractivity contribution is -0.143. The molecule has 3 aliphatic rings. The maximum absolute atomic E-state index is 15.5. The van der Waals surface area contributed by atoms with Gasteiger partial charge < -0.3 is 15.0 Å². The van der Waals surface area contributed by atoms with E-state index in [1.807, 2.05) is 6.07 Å². The van der Waals surface area contributed by atoms with Crippen LogP contribution >= 0.6 is 11.6 Å². The van der Waals surface area contributed by atoms with E-state index >= 15 is 4.39 Å². The second-order valence-corrected chi connectivity index (χ2v) is 11.3. The van der Waals surface area contributed by atoms with Crippen molar-refractivity contribution >= 4 is 17.5 Å². The molecule has 1 amide bonds. The normalized spacial score (nSPS) is 28.4. The monoisotopic (exact) mass is 512 g/mol. The fourth-order valence-electron chi connectivity index (χ4n) is 7.17. The number of hydrogen-bond donors (Lipinski definition) is 1. The molecular formula is C30H38ClFN2O2. The van der Waals surface area contributed by atoms with Gasteiger partial charge in [-0.25, -0.2) is 4.39 Å². The van der Waals surface area contributed by atoms with E-state index in [4.69, 9.17) is 16.3 Å². The number of likely N-dealkylation sites (tertiary alicyclic amines) is 1. The maximum atomic E-state index is 15.5. The number of rotatable bonds is 5. The summed E-state index contributed by atoms with van der Waals surface area (Å²) in [6.45, 7) is 7.13. The van der Waals surface area contributed by atoms with Gasteiger partial charge in [0, 0.05) is 41.7 Å². The first-order chi connectivity index (χ1) is 17.5. The Labute approximate surface area is 219 Å². The minimum absolute atomic E-state index is 0.147. The van der Waals surface area contributed by atoms with Crippen molar-refractivity contribution in [3.05, 3.63) is 70.0 Å². The molecule has 1 spiro atoms. The highest BCUT2D eigenvalue weighted by Gasteiger charge is 2.53. The van der Waals surface area contributed by atoms with E-state index in [-0.39, 0.29) is 23.7 Å². The molecule has 0 aromatic heterocycles. The van der Waals surface area contributed by atoms with Crippen LogP contribution in [0.5, 0.6) is 0 Å². The van der Waals surface area contributed by atoms with Gasteiger partial charge in [-0.15, -0.1) is 0 Å². The highest BCUT2D eigenvalue weighted by Crippen LogP contribution is 2.45. The minimum Gasteiger partial charge on any atom is -0.380 e. The summed E-state index contributed by atoms with van der Waals surface area (Å²) in [5.41, 5.74) is 2.15. The van der Waals surface area contributed by atoms with Gasteiger partial charge >= 0.3 is 0 Å². The SMILES string of the molecule is CCC(CC)C1C[C@H](c2ccccc2)CCN1C(=O)[C@@H]1CNC[C@]12COCCc1cc(Cl)cc(F)c12. The maximum Gasteiger partial charge on any atom is 0.228 e. The van der Waals surface area contributed by atoms with E-state index in [1.165, 1.54) is 11.6 Å². The quantitative estimate of drug-likeness (QED) is 0.557. The molecule has 4 atom stereocenters. The molecule has 1 unspecified atom stereocenters. The molecular weight excluding hydrogens is 475 g/mol. The fraction of sp³-hybridized carbons (Fsp3) is 0.567. The van der Waals surface area contributed by atoms with Crippen molar-refractivity contribution in [2.75, 3.05) is 32.8 Å².